The van der Waals surface area contributed by atoms with Gasteiger partial charge in [-0.3, -0.25) is 10.2 Å². The van der Waals surface area contributed by atoms with E-state index < -0.39 is 5.97 Å². The summed E-state index contributed by atoms with van der Waals surface area (Å²) in [5.74, 6) is -1.01. The van der Waals surface area contributed by atoms with Crippen molar-refractivity contribution in [2.24, 2.45) is 0 Å². The van der Waals surface area contributed by atoms with Crippen LogP contribution in [0.4, 0.5) is 0 Å². The topological polar surface area (TPSA) is 108 Å². The molecule has 3 aromatic heterocycles. The Kier molecular flexibility index (Phi) is 2.57. The van der Waals surface area contributed by atoms with Crippen molar-refractivity contribution in [2.45, 2.75) is 0 Å². The number of aromatic nitrogens is 5. The van der Waals surface area contributed by atoms with Gasteiger partial charge < -0.3 is 5.11 Å². The molecular formula is C12H9N5O2. The van der Waals surface area contributed by atoms with E-state index in [0.29, 0.717) is 22.8 Å². The molecule has 0 aliphatic rings. The molecule has 0 saturated heterocycles. The van der Waals surface area contributed by atoms with Crippen molar-refractivity contribution in [1.29, 1.82) is 0 Å². The first-order valence-electron chi connectivity index (χ1n) is 5.49. The maximum Gasteiger partial charge on any atom is 0.335 e. The van der Waals surface area contributed by atoms with Crippen molar-refractivity contribution in [3.05, 3.63) is 42.2 Å². The highest BCUT2D eigenvalue weighted by atomic mass is 16.4. The molecule has 7 nitrogen and oxygen atoms in total. The van der Waals surface area contributed by atoms with Gasteiger partial charge in [-0.25, -0.2) is 9.78 Å². The average molecular weight is 255 g/mol. The van der Waals surface area contributed by atoms with E-state index in [1.807, 2.05) is 0 Å². The van der Waals surface area contributed by atoms with Gasteiger partial charge in [0, 0.05) is 12.4 Å². The summed E-state index contributed by atoms with van der Waals surface area (Å²) in [5, 5.41) is 22.3. The normalized spacial score (nSPS) is 10.5. The van der Waals surface area contributed by atoms with Gasteiger partial charge >= 0.3 is 5.97 Å². The molecule has 7 heteroatoms. The van der Waals surface area contributed by atoms with E-state index in [9.17, 15) is 4.79 Å². The van der Waals surface area contributed by atoms with Crippen LogP contribution in [0.1, 0.15) is 10.4 Å². The summed E-state index contributed by atoms with van der Waals surface area (Å²) in [7, 11) is 0. The van der Waals surface area contributed by atoms with Crippen molar-refractivity contribution < 1.29 is 9.90 Å². The Balaban J connectivity index is 2.18. The Morgan fingerprint density at radius 2 is 1.53 bits per heavy atom. The molecule has 0 aromatic carbocycles. The number of hydrogen-bond acceptors (Lipinski definition) is 4. The van der Waals surface area contributed by atoms with Crippen LogP contribution >= 0.6 is 0 Å². The van der Waals surface area contributed by atoms with Crippen LogP contribution in [0.25, 0.3) is 22.8 Å². The molecule has 0 radical (unpaired) electrons. The number of rotatable bonds is 3. The number of nitrogens with one attached hydrogen (secondary N) is 2. The fourth-order valence-corrected chi connectivity index (χ4v) is 1.73. The van der Waals surface area contributed by atoms with Crippen LogP contribution in [-0.2, 0) is 0 Å². The van der Waals surface area contributed by atoms with Crippen molar-refractivity contribution in [3.8, 4) is 22.8 Å². The number of hydrogen-bond donors (Lipinski definition) is 3. The first-order valence-corrected chi connectivity index (χ1v) is 5.49. The van der Waals surface area contributed by atoms with Crippen molar-refractivity contribution in [1.82, 2.24) is 25.4 Å². The zero-order chi connectivity index (χ0) is 13.2. The van der Waals surface area contributed by atoms with Crippen LogP contribution in [0.2, 0.25) is 0 Å². The van der Waals surface area contributed by atoms with Crippen LogP contribution in [0, 0.1) is 0 Å². The highest BCUT2D eigenvalue weighted by Crippen LogP contribution is 2.22. The molecule has 0 aliphatic heterocycles. The minimum absolute atomic E-state index is 0.157. The van der Waals surface area contributed by atoms with Gasteiger partial charge in [-0.05, 0) is 24.3 Å². The minimum Gasteiger partial charge on any atom is -0.478 e. The molecule has 0 fully saturated rings. The number of aromatic carboxylic acids is 1. The number of carboxylic acids is 1. The lowest BCUT2D eigenvalue weighted by Crippen LogP contribution is -2.00. The molecule has 3 aromatic rings. The van der Waals surface area contributed by atoms with Gasteiger partial charge in [-0.2, -0.15) is 10.2 Å². The zero-order valence-corrected chi connectivity index (χ0v) is 9.66. The first kappa shape index (κ1) is 11.1. The number of pyridine rings is 1. The summed E-state index contributed by atoms with van der Waals surface area (Å²) < 4.78 is 0. The summed E-state index contributed by atoms with van der Waals surface area (Å²) in [6.45, 7) is 0. The van der Waals surface area contributed by atoms with E-state index in [1.165, 1.54) is 12.1 Å². The first-order chi connectivity index (χ1) is 9.24. The third kappa shape index (κ3) is 2.08. The minimum atomic E-state index is -1.01. The number of aromatic amines is 2. The maximum atomic E-state index is 11.2. The van der Waals surface area contributed by atoms with E-state index >= 15 is 0 Å². The van der Waals surface area contributed by atoms with E-state index in [4.69, 9.17) is 5.11 Å². The van der Waals surface area contributed by atoms with Gasteiger partial charge in [0.05, 0.1) is 28.3 Å². The van der Waals surface area contributed by atoms with Crippen LogP contribution in [0.3, 0.4) is 0 Å². The van der Waals surface area contributed by atoms with E-state index in [2.05, 4.69) is 25.4 Å². The molecule has 19 heavy (non-hydrogen) atoms. The Labute approximate surface area is 107 Å². The molecule has 0 amide bonds. The quantitative estimate of drug-likeness (QED) is 0.658. The van der Waals surface area contributed by atoms with Crippen molar-refractivity contribution in [3.63, 3.8) is 0 Å². The maximum absolute atomic E-state index is 11.2. The van der Waals surface area contributed by atoms with E-state index in [-0.39, 0.29) is 5.56 Å². The molecule has 0 saturated carbocycles. The fraction of sp³-hybridized carbons (Fsp3) is 0. The highest BCUT2D eigenvalue weighted by molar-refractivity contribution is 5.90. The number of carboxylic acid groups (broad SMARTS) is 1. The molecule has 3 N–H and O–H groups in total. The summed E-state index contributed by atoms with van der Waals surface area (Å²) in [5.41, 5.74) is 2.50. The molecular weight excluding hydrogens is 246 g/mol. The van der Waals surface area contributed by atoms with Gasteiger partial charge in [0.25, 0.3) is 0 Å². The van der Waals surface area contributed by atoms with Gasteiger partial charge in [0.15, 0.2) is 0 Å². The summed E-state index contributed by atoms with van der Waals surface area (Å²) >= 11 is 0. The van der Waals surface area contributed by atoms with Crippen LogP contribution in [-0.4, -0.2) is 36.5 Å². The molecule has 0 unspecified atom stereocenters. The number of carbonyl (C=O) groups is 1. The molecule has 3 rings (SSSR count). The average Bonchev–Trinajstić information content (AvgIpc) is 3.11. The Morgan fingerprint density at radius 3 is 1.89 bits per heavy atom. The summed E-state index contributed by atoms with van der Waals surface area (Å²) in [4.78, 5) is 15.6. The van der Waals surface area contributed by atoms with Crippen LogP contribution in [0.5, 0.6) is 0 Å². The van der Waals surface area contributed by atoms with Crippen LogP contribution < -0.4 is 0 Å². The number of H-pyrrole nitrogens is 2. The third-order valence-corrected chi connectivity index (χ3v) is 2.63. The third-order valence-electron chi connectivity index (χ3n) is 2.63. The predicted octanol–water partition coefficient (Wildman–Crippen LogP) is 1.56. The predicted molar refractivity (Wildman–Crippen MR) is 66.4 cm³/mol. The Hall–Kier alpha value is -2.96. The molecule has 3 heterocycles. The lowest BCUT2D eigenvalue weighted by Gasteiger charge is -2.04. The second-order valence-corrected chi connectivity index (χ2v) is 3.87. The molecule has 0 aliphatic carbocycles. The van der Waals surface area contributed by atoms with Crippen LogP contribution in [0.15, 0.2) is 36.7 Å². The molecule has 0 bridgehead atoms. The van der Waals surface area contributed by atoms with Crippen molar-refractivity contribution >= 4 is 5.97 Å². The van der Waals surface area contributed by atoms with Gasteiger partial charge in [0.1, 0.15) is 0 Å². The SMILES string of the molecule is O=C(O)c1cc(-c2ccn[nH]2)nc(-c2ccn[nH]2)c1. The van der Waals surface area contributed by atoms with Crippen molar-refractivity contribution in [2.75, 3.05) is 0 Å². The second kappa shape index (κ2) is 4.37. The van der Waals surface area contributed by atoms with Gasteiger partial charge in [0.2, 0.25) is 0 Å². The largest absolute Gasteiger partial charge is 0.478 e. The lowest BCUT2D eigenvalue weighted by molar-refractivity contribution is 0.0697. The smallest absolute Gasteiger partial charge is 0.335 e. The molecule has 0 atom stereocenters. The monoisotopic (exact) mass is 255 g/mol. The molecule has 94 valence electrons. The fourth-order valence-electron chi connectivity index (χ4n) is 1.73. The number of nitrogens with zero attached hydrogens (tertiary/aromatic N) is 3. The summed E-state index contributed by atoms with van der Waals surface area (Å²) in [6.07, 6.45) is 3.17. The Bertz CT molecular complexity index is 651. The van der Waals surface area contributed by atoms with Gasteiger partial charge in [-0.1, -0.05) is 0 Å². The standard InChI is InChI=1S/C12H9N5O2/c18-12(19)7-5-10(8-1-3-13-16-8)15-11(6-7)9-2-4-14-17-9/h1-6H,(H,13,16)(H,14,17)(H,18,19). The summed E-state index contributed by atoms with van der Waals surface area (Å²) in [6, 6.07) is 6.45. The molecule has 0 spiro atoms. The Morgan fingerprint density at radius 1 is 1.00 bits per heavy atom. The zero-order valence-electron chi connectivity index (χ0n) is 9.66. The lowest BCUT2D eigenvalue weighted by atomic mass is 10.1. The highest BCUT2D eigenvalue weighted by Gasteiger charge is 2.12. The van der Waals surface area contributed by atoms with E-state index in [0.717, 1.165) is 0 Å². The van der Waals surface area contributed by atoms with E-state index in [1.54, 1.807) is 24.5 Å². The van der Waals surface area contributed by atoms with Gasteiger partial charge in [-0.15, -0.1) is 0 Å². The second-order valence-electron chi connectivity index (χ2n) is 3.87.